The van der Waals surface area contributed by atoms with E-state index in [2.05, 4.69) is 32.9 Å². The van der Waals surface area contributed by atoms with Gasteiger partial charge in [-0.25, -0.2) is 8.78 Å². The van der Waals surface area contributed by atoms with Crippen molar-refractivity contribution in [2.24, 2.45) is 0 Å². The number of benzene rings is 2. The average Bonchev–Trinajstić information content (AvgIpc) is 3.06. The van der Waals surface area contributed by atoms with Crippen molar-refractivity contribution in [3.8, 4) is 6.07 Å². The minimum absolute atomic E-state index is 0.0213. The zero-order chi connectivity index (χ0) is 21.2. The van der Waals surface area contributed by atoms with Gasteiger partial charge >= 0.3 is 0 Å². The molecule has 1 heterocycles. The highest BCUT2D eigenvalue weighted by Crippen LogP contribution is 2.47. The average molecular weight is 529 g/mol. The fourth-order valence-electron chi connectivity index (χ4n) is 2.98. The van der Waals surface area contributed by atoms with E-state index in [1.165, 1.54) is 0 Å². The molecule has 0 radical (unpaired) electrons. The summed E-state index contributed by atoms with van der Waals surface area (Å²) in [6.07, 6.45) is 0.0935. The number of fused-ring (bicyclic) bond motifs is 1. The Kier molecular flexibility index (Phi) is 6.36. The highest BCUT2D eigenvalue weighted by Gasteiger charge is 2.36. The number of carbonyl (C=O) groups excluding carboxylic acids is 1. The molecule has 3 rings (SSSR count). The summed E-state index contributed by atoms with van der Waals surface area (Å²) in [7, 11) is -2.89. The van der Waals surface area contributed by atoms with Gasteiger partial charge in [-0.15, -0.1) is 0 Å². The van der Waals surface area contributed by atoms with E-state index in [9.17, 15) is 18.1 Å². The van der Waals surface area contributed by atoms with Crippen molar-refractivity contribution in [1.82, 2.24) is 10.3 Å². The van der Waals surface area contributed by atoms with Crippen molar-refractivity contribution in [1.29, 1.82) is 5.26 Å². The second-order valence-electron chi connectivity index (χ2n) is 6.06. The van der Waals surface area contributed by atoms with Crippen LogP contribution in [0.2, 0.25) is 0 Å². The molecule has 10 heteroatoms. The molecule has 6 nitrogen and oxygen atoms in total. The normalized spacial score (nSPS) is 13.1. The lowest BCUT2D eigenvalue weighted by molar-refractivity contribution is 0.0951. The van der Waals surface area contributed by atoms with E-state index in [1.54, 1.807) is 18.2 Å². The number of nitriles is 1. The fraction of sp³-hybridized carbons (Fsp3) is 0.158. The van der Waals surface area contributed by atoms with Gasteiger partial charge < -0.3 is 14.8 Å². The second-order valence-corrected chi connectivity index (χ2v) is 9.74. The van der Waals surface area contributed by atoms with Crippen LogP contribution in [0.15, 0.2) is 36.4 Å². The summed E-state index contributed by atoms with van der Waals surface area (Å²) < 4.78 is 47.7. The Morgan fingerprint density at radius 2 is 1.97 bits per heavy atom. The topological polar surface area (TPSA) is 95.0 Å². The number of nitrogens with one attached hydrogen (secondary N) is 2. The number of amides is 1. The number of rotatable bonds is 6. The fourth-order valence-corrected chi connectivity index (χ4v) is 5.66. The van der Waals surface area contributed by atoms with E-state index >= 15 is 0 Å². The highest BCUT2D eigenvalue weighted by molar-refractivity contribution is 14.1. The third-order valence-electron chi connectivity index (χ3n) is 4.22. The maximum Gasteiger partial charge on any atom is 0.268 e. The van der Waals surface area contributed by atoms with Gasteiger partial charge in [0.1, 0.15) is 17.3 Å². The summed E-state index contributed by atoms with van der Waals surface area (Å²) in [5.74, 6) is -2.42. The van der Waals surface area contributed by atoms with Crippen LogP contribution >= 0.6 is 30.0 Å². The first-order valence-electron chi connectivity index (χ1n) is 8.39. The lowest BCUT2D eigenvalue weighted by Crippen LogP contribution is -2.31. The zero-order valence-electron chi connectivity index (χ0n) is 15.1. The molecule has 0 aliphatic carbocycles. The van der Waals surface area contributed by atoms with Crippen molar-refractivity contribution >= 4 is 57.4 Å². The van der Waals surface area contributed by atoms with Crippen LogP contribution in [0.5, 0.6) is 0 Å². The summed E-state index contributed by atoms with van der Waals surface area (Å²) >= 11 is 2.06. The molecule has 0 saturated heterocycles. The molecule has 0 aliphatic heterocycles. The summed E-state index contributed by atoms with van der Waals surface area (Å²) in [5, 5.41) is 11.5. The van der Waals surface area contributed by atoms with E-state index in [1.807, 2.05) is 6.07 Å². The molecule has 29 heavy (non-hydrogen) atoms. The summed E-state index contributed by atoms with van der Waals surface area (Å²) in [5.41, 5.74) is 0.467. The lowest BCUT2D eigenvalue weighted by atomic mass is 10.2. The van der Waals surface area contributed by atoms with Gasteiger partial charge in [0.15, 0.2) is 0 Å². The van der Waals surface area contributed by atoms with Crippen LogP contribution in [0.3, 0.4) is 0 Å². The van der Waals surface area contributed by atoms with Crippen LogP contribution in [-0.2, 0) is 9.09 Å². The third kappa shape index (κ3) is 4.20. The Labute approximate surface area is 178 Å². The van der Waals surface area contributed by atoms with Crippen molar-refractivity contribution in [3.63, 3.8) is 0 Å². The molecule has 1 unspecified atom stereocenters. The Hall–Kier alpha value is -2.28. The molecule has 2 N–H and O–H groups in total. The van der Waals surface area contributed by atoms with Gasteiger partial charge in [-0.3, -0.25) is 9.36 Å². The Bertz CT molecular complexity index is 1170. The van der Waals surface area contributed by atoms with Gasteiger partial charge in [0, 0.05) is 39.5 Å². The standard InChI is InChI=1S/C19H15F2IN3O3P/c1-28-29(27,14-8-11(20)7-12(21)9-14)18-15-10-13(22)3-4-16(15)25-17(18)19(26)24-6-2-5-23/h3-4,7-10,25H,2,6H2,1H3,(H,24,26). The monoisotopic (exact) mass is 529 g/mol. The first kappa shape index (κ1) is 21.4. The molecule has 0 spiro atoms. The second kappa shape index (κ2) is 8.61. The van der Waals surface area contributed by atoms with Gasteiger partial charge in [0.25, 0.3) is 13.3 Å². The van der Waals surface area contributed by atoms with Crippen molar-refractivity contribution < 1.29 is 22.7 Å². The number of nitrogens with zero attached hydrogens (tertiary/aromatic N) is 1. The molecule has 0 fully saturated rings. The number of aromatic amines is 1. The number of hydrogen-bond donors (Lipinski definition) is 2. The molecule has 0 aliphatic rings. The van der Waals surface area contributed by atoms with Crippen molar-refractivity contribution in [2.75, 3.05) is 13.7 Å². The largest absolute Gasteiger partial charge is 0.350 e. The Morgan fingerprint density at radius 1 is 1.28 bits per heavy atom. The van der Waals surface area contributed by atoms with Gasteiger partial charge in [0.05, 0.1) is 17.8 Å². The molecule has 1 atom stereocenters. The lowest BCUT2D eigenvalue weighted by Gasteiger charge is -2.18. The molecule has 0 bridgehead atoms. The maximum atomic E-state index is 13.9. The van der Waals surface area contributed by atoms with E-state index in [0.29, 0.717) is 17.0 Å². The van der Waals surface area contributed by atoms with Crippen LogP contribution < -0.4 is 15.9 Å². The molecule has 1 aromatic heterocycles. The molecule has 1 amide bonds. The third-order valence-corrected chi connectivity index (χ3v) is 7.40. The summed E-state index contributed by atoms with van der Waals surface area (Å²) in [4.78, 5) is 15.7. The molecular weight excluding hydrogens is 514 g/mol. The van der Waals surface area contributed by atoms with E-state index in [4.69, 9.17) is 9.79 Å². The quantitative estimate of drug-likeness (QED) is 0.290. The Balaban J connectivity index is 2.28. The van der Waals surface area contributed by atoms with Gasteiger partial charge in [0.2, 0.25) is 0 Å². The summed E-state index contributed by atoms with van der Waals surface area (Å²) in [6, 6.07) is 9.64. The van der Waals surface area contributed by atoms with E-state index < -0.39 is 24.9 Å². The molecule has 0 saturated carbocycles. The van der Waals surface area contributed by atoms with Gasteiger partial charge in [-0.1, -0.05) is 0 Å². The van der Waals surface area contributed by atoms with Gasteiger partial charge in [-0.05, 0) is 52.9 Å². The number of hydrogen-bond acceptors (Lipinski definition) is 4. The minimum atomic E-state index is -4.05. The first-order chi connectivity index (χ1) is 13.8. The van der Waals surface area contributed by atoms with E-state index in [0.717, 1.165) is 22.8 Å². The van der Waals surface area contributed by atoms with Crippen molar-refractivity contribution in [3.05, 3.63) is 57.3 Å². The SMILES string of the molecule is COP(=O)(c1cc(F)cc(F)c1)c1c(C(=O)NCCC#N)[nH]c2ccc(I)cc12. The number of aromatic nitrogens is 1. The van der Waals surface area contributed by atoms with Crippen molar-refractivity contribution in [2.45, 2.75) is 6.42 Å². The molecule has 150 valence electrons. The summed E-state index contributed by atoms with van der Waals surface area (Å²) in [6.45, 7) is 0.0908. The molecular formula is C19H15F2IN3O3P. The Morgan fingerprint density at radius 3 is 2.59 bits per heavy atom. The minimum Gasteiger partial charge on any atom is -0.350 e. The van der Waals surface area contributed by atoms with Crippen LogP contribution in [0.1, 0.15) is 16.9 Å². The molecule has 3 aromatic rings. The van der Waals surface area contributed by atoms with Gasteiger partial charge in [-0.2, -0.15) is 5.26 Å². The van der Waals surface area contributed by atoms with Crippen LogP contribution in [-0.4, -0.2) is 24.5 Å². The van der Waals surface area contributed by atoms with Crippen LogP contribution in [0, 0.1) is 26.5 Å². The highest BCUT2D eigenvalue weighted by atomic mass is 127. The number of halogens is 3. The smallest absolute Gasteiger partial charge is 0.268 e. The predicted octanol–water partition coefficient (Wildman–Crippen LogP) is 3.57. The maximum absolute atomic E-state index is 13.9. The van der Waals surface area contributed by atoms with Crippen LogP contribution in [0.25, 0.3) is 10.9 Å². The first-order valence-corrected chi connectivity index (χ1v) is 11.1. The number of carbonyl (C=O) groups is 1. The molecule has 2 aromatic carbocycles. The van der Waals surface area contributed by atoms with E-state index in [-0.39, 0.29) is 29.3 Å². The predicted molar refractivity (Wildman–Crippen MR) is 114 cm³/mol. The zero-order valence-corrected chi connectivity index (χ0v) is 18.2. The number of H-pyrrole nitrogens is 1. The van der Waals surface area contributed by atoms with Crippen LogP contribution in [0.4, 0.5) is 8.78 Å².